The van der Waals surface area contributed by atoms with Crippen molar-refractivity contribution in [1.29, 1.82) is 0 Å². The monoisotopic (exact) mass is 386 g/mol. The Morgan fingerprint density at radius 2 is 1.79 bits per heavy atom. The number of carbonyl (C=O) groups excluding carboxylic acids is 1. The highest BCUT2D eigenvalue weighted by atomic mass is 16.5. The third kappa shape index (κ3) is 4.69. The summed E-state index contributed by atoms with van der Waals surface area (Å²) in [7, 11) is 0. The highest BCUT2D eigenvalue weighted by molar-refractivity contribution is 5.76. The molecule has 3 aliphatic rings. The first-order valence-electron chi connectivity index (χ1n) is 11.1. The zero-order valence-corrected chi connectivity index (χ0v) is 16.8. The van der Waals surface area contributed by atoms with Crippen molar-refractivity contribution in [2.75, 3.05) is 13.1 Å². The lowest BCUT2D eigenvalue weighted by Gasteiger charge is -2.37. The predicted octanol–water partition coefficient (Wildman–Crippen LogP) is 3.12. The molecule has 28 heavy (non-hydrogen) atoms. The second-order valence-corrected chi connectivity index (χ2v) is 8.81. The molecule has 154 valence electrons. The average Bonchev–Trinajstić information content (AvgIpc) is 3.31. The minimum atomic E-state index is -0.588. The average molecular weight is 387 g/mol. The summed E-state index contributed by atoms with van der Waals surface area (Å²) in [6.45, 7) is 1.99. The smallest absolute Gasteiger partial charge is 0.220 e. The molecule has 1 amide bonds. The molecular formula is C23H34N2O3. The molecule has 2 aliphatic carbocycles. The van der Waals surface area contributed by atoms with E-state index in [1.54, 1.807) is 0 Å². The van der Waals surface area contributed by atoms with Gasteiger partial charge in [0, 0.05) is 12.8 Å². The van der Waals surface area contributed by atoms with E-state index in [1.807, 2.05) is 30.3 Å². The second-order valence-electron chi connectivity index (χ2n) is 8.81. The SMILES string of the molecule is O=C(CC1CCCC1)N[C@@H]1C[C@@H](Oc2ccccc2)[C@H](O)[C@H]1N1CCCCC1. The van der Waals surface area contributed by atoms with Gasteiger partial charge in [0.2, 0.25) is 5.91 Å². The molecule has 1 heterocycles. The van der Waals surface area contributed by atoms with Crippen molar-refractivity contribution >= 4 is 5.91 Å². The molecule has 2 N–H and O–H groups in total. The van der Waals surface area contributed by atoms with Gasteiger partial charge in [0.05, 0.1) is 12.1 Å². The molecular weight excluding hydrogens is 352 g/mol. The molecule has 2 saturated carbocycles. The summed E-state index contributed by atoms with van der Waals surface area (Å²) < 4.78 is 6.13. The van der Waals surface area contributed by atoms with Gasteiger partial charge in [0.25, 0.3) is 0 Å². The molecule has 5 heteroatoms. The number of piperidine rings is 1. The van der Waals surface area contributed by atoms with Crippen molar-refractivity contribution in [3.05, 3.63) is 30.3 Å². The molecule has 0 spiro atoms. The number of rotatable bonds is 6. The lowest BCUT2D eigenvalue weighted by molar-refractivity contribution is -0.123. The van der Waals surface area contributed by atoms with E-state index in [0.717, 1.165) is 31.7 Å². The van der Waals surface area contributed by atoms with Crippen LogP contribution in [0.5, 0.6) is 5.75 Å². The van der Waals surface area contributed by atoms with E-state index in [-0.39, 0.29) is 24.1 Å². The summed E-state index contributed by atoms with van der Waals surface area (Å²) in [6.07, 6.45) is 8.85. The standard InChI is InChI=1S/C23H34N2O3/c26-21(15-17-9-5-6-10-17)24-19-16-20(28-18-11-3-1-4-12-18)23(27)22(19)25-13-7-2-8-14-25/h1,3-4,11-12,17,19-20,22-23,27H,2,5-10,13-16H2,(H,24,26)/t19-,20-,22+,23+/m1/s1. The fourth-order valence-electron chi connectivity index (χ4n) is 5.35. The van der Waals surface area contributed by atoms with Gasteiger partial charge in [0.1, 0.15) is 18.0 Å². The summed E-state index contributed by atoms with van der Waals surface area (Å²) in [6, 6.07) is 9.60. The van der Waals surface area contributed by atoms with Crippen molar-refractivity contribution in [1.82, 2.24) is 10.2 Å². The molecule has 4 atom stereocenters. The first-order valence-corrected chi connectivity index (χ1v) is 11.1. The van der Waals surface area contributed by atoms with Crippen molar-refractivity contribution in [3.8, 4) is 5.75 Å². The van der Waals surface area contributed by atoms with Crippen LogP contribution in [0.15, 0.2) is 30.3 Å². The molecule has 1 saturated heterocycles. The maximum absolute atomic E-state index is 12.7. The Labute approximate surface area is 168 Å². The second kappa shape index (κ2) is 9.27. The van der Waals surface area contributed by atoms with Crippen LogP contribution in [-0.4, -0.2) is 53.3 Å². The summed E-state index contributed by atoms with van der Waals surface area (Å²) in [5, 5.41) is 14.4. The fourth-order valence-corrected chi connectivity index (χ4v) is 5.35. The molecule has 1 aromatic rings. The number of nitrogens with zero attached hydrogens (tertiary/aromatic N) is 1. The Balaban J connectivity index is 1.43. The maximum Gasteiger partial charge on any atom is 0.220 e. The lowest BCUT2D eigenvalue weighted by atomic mass is 10.0. The molecule has 0 unspecified atom stereocenters. The Morgan fingerprint density at radius 1 is 1.07 bits per heavy atom. The van der Waals surface area contributed by atoms with Crippen LogP contribution in [0.2, 0.25) is 0 Å². The van der Waals surface area contributed by atoms with Crippen LogP contribution in [0.3, 0.4) is 0 Å². The minimum absolute atomic E-state index is 0.0456. The van der Waals surface area contributed by atoms with Gasteiger partial charge in [-0.2, -0.15) is 0 Å². The number of carbonyl (C=O) groups is 1. The predicted molar refractivity (Wildman–Crippen MR) is 109 cm³/mol. The van der Waals surface area contributed by atoms with Gasteiger partial charge >= 0.3 is 0 Å². The van der Waals surface area contributed by atoms with Gasteiger partial charge in [-0.3, -0.25) is 9.69 Å². The number of nitrogens with one attached hydrogen (secondary N) is 1. The third-order valence-electron chi connectivity index (χ3n) is 6.77. The van der Waals surface area contributed by atoms with Crippen molar-refractivity contribution < 1.29 is 14.6 Å². The van der Waals surface area contributed by atoms with E-state index in [4.69, 9.17) is 4.74 Å². The maximum atomic E-state index is 12.7. The molecule has 4 rings (SSSR count). The number of amides is 1. The van der Waals surface area contributed by atoms with Crippen LogP contribution in [0, 0.1) is 5.92 Å². The van der Waals surface area contributed by atoms with Crippen LogP contribution in [0.1, 0.15) is 57.8 Å². The number of hydrogen-bond donors (Lipinski definition) is 2. The van der Waals surface area contributed by atoms with Gasteiger partial charge in [-0.25, -0.2) is 0 Å². The lowest BCUT2D eigenvalue weighted by Crippen LogP contribution is -2.54. The number of ether oxygens (including phenoxy) is 1. The summed E-state index contributed by atoms with van der Waals surface area (Å²) in [5.74, 6) is 1.46. The van der Waals surface area contributed by atoms with Gasteiger partial charge in [-0.1, -0.05) is 37.5 Å². The molecule has 5 nitrogen and oxygen atoms in total. The van der Waals surface area contributed by atoms with Crippen LogP contribution in [-0.2, 0) is 4.79 Å². The topological polar surface area (TPSA) is 61.8 Å². The Bertz CT molecular complexity index is 626. The zero-order chi connectivity index (χ0) is 19.3. The van der Waals surface area contributed by atoms with Crippen molar-refractivity contribution in [3.63, 3.8) is 0 Å². The summed E-state index contributed by atoms with van der Waals surface area (Å²) in [4.78, 5) is 15.1. The highest BCUT2D eigenvalue weighted by Crippen LogP contribution is 2.32. The Kier molecular flexibility index (Phi) is 6.53. The number of aliphatic hydroxyl groups is 1. The van der Waals surface area contributed by atoms with E-state index in [0.29, 0.717) is 18.8 Å². The normalized spacial score (nSPS) is 31.8. The molecule has 3 fully saturated rings. The zero-order valence-electron chi connectivity index (χ0n) is 16.8. The first kappa shape index (κ1) is 19.7. The number of aliphatic hydroxyl groups excluding tert-OH is 1. The Hall–Kier alpha value is -1.59. The van der Waals surface area contributed by atoms with Crippen LogP contribution < -0.4 is 10.1 Å². The molecule has 0 bridgehead atoms. The molecule has 0 aromatic heterocycles. The third-order valence-corrected chi connectivity index (χ3v) is 6.77. The number of benzene rings is 1. The van der Waals surface area contributed by atoms with Gasteiger partial charge in [-0.05, 0) is 56.8 Å². The van der Waals surface area contributed by atoms with Crippen molar-refractivity contribution in [2.24, 2.45) is 5.92 Å². The van der Waals surface area contributed by atoms with E-state index < -0.39 is 6.10 Å². The van der Waals surface area contributed by atoms with E-state index in [2.05, 4.69) is 10.2 Å². The largest absolute Gasteiger partial charge is 0.488 e. The minimum Gasteiger partial charge on any atom is -0.488 e. The number of likely N-dealkylation sites (tertiary alicyclic amines) is 1. The van der Waals surface area contributed by atoms with Gasteiger partial charge in [0.15, 0.2) is 0 Å². The number of hydrogen-bond acceptors (Lipinski definition) is 4. The van der Waals surface area contributed by atoms with E-state index in [1.165, 1.54) is 32.1 Å². The summed E-state index contributed by atoms with van der Waals surface area (Å²) >= 11 is 0. The van der Waals surface area contributed by atoms with E-state index >= 15 is 0 Å². The van der Waals surface area contributed by atoms with E-state index in [9.17, 15) is 9.90 Å². The first-order chi connectivity index (χ1) is 13.7. The number of para-hydroxylation sites is 1. The molecule has 1 aromatic carbocycles. The van der Waals surface area contributed by atoms with Crippen LogP contribution in [0.25, 0.3) is 0 Å². The van der Waals surface area contributed by atoms with Crippen LogP contribution >= 0.6 is 0 Å². The fraction of sp³-hybridized carbons (Fsp3) is 0.696. The van der Waals surface area contributed by atoms with Crippen LogP contribution in [0.4, 0.5) is 0 Å². The van der Waals surface area contributed by atoms with Gasteiger partial charge in [-0.15, -0.1) is 0 Å². The van der Waals surface area contributed by atoms with Gasteiger partial charge < -0.3 is 15.2 Å². The Morgan fingerprint density at radius 3 is 2.50 bits per heavy atom. The summed E-state index contributed by atoms with van der Waals surface area (Å²) in [5.41, 5.74) is 0. The molecule has 0 radical (unpaired) electrons. The quantitative estimate of drug-likeness (QED) is 0.789. The van der Waals surface area contributed by atoms with Crippen molar-refractivity contribution in [2.45, 2.75) is 82.1 Å². The highest BCUT2D eigenvalue weighted by Gasteiger charge is 2.47. The molecule has 1 aliphatic heterocycles.